The molecule has 154 valence electrons. The Hall–Kier alpha value is -2.95. The summed E-state index contributed by atoms with van der Waals surface area (Å²) in [7, 11) is 0. The van der Waals surface area contributed by atoms with Gasteiger partial charge in [-0.3, -0.25) is 4.79 Å². The zero-order valence-corrected chi connectivity index (χ0v) is 17.1. The molecule has 0 spiro atoms. The van der Waals surface area contributed by atoms with E-state index in [1.165, 1.54) is 32.1 Å². The van der Waals surface area contributed by atoms with Crippen LogP contribution in [0.1, 0.15) is 74.2 Å². The monoisotopic (exact) mass is 394 g/mol. The molecule has 2 aromatic carbocycles. The molecule has 0 atom stereocenters. The van der Waals surface area contributed by atoms with Crippen LogP contribution >= 0.6 is 0 Å². The van der Waals surface area contributed by atoms with Gasteiger partial charge in [0.05, 0.1) is 11.8 Å². The molecule has 2 rings (SSSR count). The third-order valence-electron chi connectivity index (χ3n) is 4.51. The average Bonchev–Trinajstić information content (AvgIpc) is 2.75. The van der Waals surface area contributed by atoms with E-state index in [4.69, 9.17) is 4.74 Å². The molecule has 0 saturated heterocycles. The number of nitrogens with zero attached hydrogens (tertiary/aromatic N) is 1. The minimum absolute atomic E-state index is 0.0665. The summed E-state index contributed by atoms with van der Waals surface area (Å²) >= 11 is 0. The third-order valence-corrected chi connectivity index (χ3v) is 4.51. The van der Waals surface area contributed by atoms with Crippen molar-refractivity contribution in [3.8, 4) is 5.75 Å². The predicted molar refractivity (Wildman–Crippen MR) is 116 cm³/mol. The lowest BCUT2D eigenvalue weighted by atomic mass is 10.1. The van der Waals surface area contributed by atoms with Gasteiger partial charge < -0.3 is 4.74 Å². The first-order valence-electron chi connectivity index (χ1n) is 10.4. The molecule has 0 aliphatic carbocycles. The first kappa shape index (κ1) is 22.3. The molecule has 5 heteroatoms. The second kappa shape index (κ2) is 13.3. The lowest BCUT2D eigenvalue weighted by Crippen LogP contribution is -2.16. The van der Waals surface area contributed by atoms with Crippen molar-refractivity contribution < 1.29 is 14.3 Å². The van der Waals surface area contributed by atoms with Gasteiger partial charge in [-0.25, -0.2) is 10.2 Å². The van der Waals surface area contributed by atoms with Crippen LogP contribution in [-0.2, 0) is 4.79 Å². The number of benzene rings is 2. The van der Waals surface area contributed by atoms with Crippen LogP contribution < -0.4 is 10.2 Å². The van der Waals surface area contributed by atoms with Gasteiger partial charge in [-0.05, 0) is 48.4 Å². The van der Waals surface area contributed by atoms with E-state index in [1.54, 1.807) is 54.7 Å². The molecule has 0 fully saturated rings. The number of hydrazone groups is 1. The maximum atomic E-state index is 12.0. The Kier molecular flexibility index (Phi) is 10.2. The first-order valence-corrected chi connectivity index (χ1v) is 10.4. The molecule has 0 aliphatic heterocycles. The number of esters is 1. The highest BCUT2D eigenvalue weighted by Crippen LogP contribution is 2.13. The van der Waals surface area contributed by atoms with E-state index in [-0.39, 0.29) is 5.91 Å². The molecule has 0 unspecified atom stereocenters. The zero-order valence-electron chi connectivity index (χ0n) is 17.1. The van der Waals surface area contributed by atoms with E-state index in [1.807, 2.05) is 6.07 Å². The molecule has 2 aromatic rings. The van der Waals surface area contributed by atoms with Crippen LogP contribution in [0.4, 0.5) is 0 Å². The Morgan fingerprint density at radius 2 is 1.55 bits per heavy atom. The van der Waals surface area contributed by atoms with Gasteiger partial charge in [0.1, 0.15) is 5.75 Å². The largest absolute Gasteiger partial charge is 0.423 e. The van der Waals surface area contributed by atoms with Gasteiger partial charge in [0.15, 0.2) is 0 Å². The van der Waals surface area contributed by atoms with Crippen molar-refractivity contribution in [3.05, 3.63) is 65.7 Å². The highest BCUT2D eigenvalue weighted by molar-refractivity contribution is 5.91. The molecule has 0 saturated carbocycles. The molecule has 5 nitrogen and oxygen atoms in total. The number of rotatable bonds is 12. The molecular formula is C24H30N2O3. The normalized spacial score (nSPS) is 10.8. The van der Waals surface area contributed by atoms with Crippen LogP contribution in [0.15, 0.2) is 59.7 Å². The Morgan fingerprint density at radius 3 is 2.24 bits per heavy atom. The Bertz CT molecular complexity index is 770. The number of hydrogen-bond donors (Lipinski definition) is 1. The van der Waals surface area contributed by atoms with Gasteiger partial charge in [-0.15, -0.1) is 0 Å². The SMILES string of the molecule is CCCCCCCCCC(=O)NN=Cc1ccc(OC(=O)c2ccccc2)cc1. The second-order valence-corrected chi connectivity index (χ2v) is 6.99. The zero-order chi connectivity index (χ0) is 20.7. The summed E-state index contributed by atoms with van der Waals surface area (Å²) in [5, 5.41) is 3.99. The van der Waals surface area contributed by atoms with Gasteiger partial charge in [-0.1, -0.05) is 63.6 Å². The predicted octanol–water partition coefficient (Wildman–Crippen LogP) is 5.50. The van der Waals surface area contributed by atoms with Crippen molar-refractivity contribution in [3.63, 3.8) is 0 Å². The topological polar surface area (TPSA) is 67.8 Å². The molecule has 0 aliphatic rings. The minimum Gasteiger partial charge on any atom is -0.423 e. The number of ether oxygens (including phenoxy) is 1. The van der Waals surface area contributed by atoms with E-state index < -0.39 is 5.97 Å². The summed E-state index contributed by atoms with van der Waals surface area (Å²) in [6, 6.07) is 15.8. The van der Waals surface area contributed by atoms with Crippen LogP contribution in [0.25, 0.3) is 0 Å². The average molecular weight is 395 g/mol. The van der Waals surface area contributed by atoms with Crippen molar-refractivity contribution in [2.24, 2.45) is 5.10 Å². The van der Waals surface area contributed by atoms with Crippen molar-refractivity contribution in [1.29, 1.82) is 0 Å². The standard InChI is InChI=1S/C24H30N2O3/c1-2-3-4-5-6-7-11-14-23(27)26-25-19-20-15-17-22(18-16-20)29-24(28)21-12-9-8-10-13-21/h8-10,12-13,15-19H,2-7,11,14H2,1H3,(H,26,27). The first-order chi connectivity index (χ1) is 14.2. The fraction of sp³-hybridized carbons (Fsp3) is 0.375. The number of unbranched alkanes of at least 4 members (excludes halogenated alkanes) is 6. The molecule has 0 heterocycles. The molecular weight excluding hydrogens is 364 g/mol. The maximum absolute atomic E-state index is 12.0. The van der Waals surface area contributed by atoms with Crippen LogP contribution in [0.3, 0.4) is 0 Å². The lowest BCUT2D eigenvalue weighted by Gasteiger charge is -2.04. The summed E-state index contributed by atoms with van der Waals surface area (Å²) in [5.41, 5.74) is 3.86. The lowest BCUT2D eigenvalue weighted by molar-refractivity contribution is -0.121. The molecule has 1 N–H and O–H groups in total. The van der Waals surface area contributed by atoms with Gasteiger partial charge in [0.25, 0.3) is 0 Å². The fourth-order valence-corrected chi connectivity index (χ4v) is 2.84. The van der Waals surface area contributed by atoms with Crippen LogP contribution in [0, 0.1) is 0 Å². The summed E-state index contributed by atoms with van der Waals surface area (Å²) in [5.74, 6) is -0.00756. The van der Waals surface area contributed by atoms with E-state index >= 15 is 0 Å². The number of nitrogens with one attached hydrogen (secondary N) is 1. The Morgan fingerprint density at radius 1 is 0.897 bits per heavy atom. The molecule has 0 radical (unpaired) electrons. The highest BCUT2D eigenvalue weighted by Gasteiger charge is 2.07. The molecule has 1 amide bonds. The second-order valence-electron chi connectivity index (χ2n) is 6.99. The minimum atomic E-state index is -0.398. The maximum Gasteiger partial charge on any atom is 0.343 e. The van der Waals surface area contributed by atoms with E-state index in [0.717, 1.165) is 18.4 Å². The van der Waals surface area contributed by atoms with Crippen molar-refractivity contribution in [2.75, 3.05) is 0 Å². The molecule has 0 aromatic heterocycles. The van der Waals surface area contributed by atoms with Crippen LogP contribution in [0.5, 0.6) is 5.75 Å². The van der Waals surface area contributed by atoms with Gasteiger partial charge in [0.2, 0.25) is 5.91 Å². The summed E-state index contributed by atoms with van der Waals surface area (Å²) in [6.07, 6.45) is 10.3. The quantitative estimate of drug-likeness (QED) is 0.170. The van der Waals surface area contributed by atoms with Crippen molar-refractivity contribution >= 4 is 18.1 Å². The molecule has 0 bridgehead atoms. The molecule has 29 heavy (non-hydrogen) atoms. The van der Waals surface area contributed by atoms with Gasteiger partial charge in [0, 0.05) is 6.42 Å². The van der Waals surface area contributed by atoms with Crippen LogP contribution in [-0.4, -0.2) is 18.1 Å². The number of hydrogen-bond acceptors (Lipinski definition) is 4. The summed E-state index contributed by atoms with van der Waals surface area (Å²) in [6.45, 7) is 2.21. The number of carbonyl (C=O) groups is 2. The van der Waals surface area contributed by atoms with Gasteiger partial charge >= 0.3 is 5.97 Å². The van der Waals surface area contributed by atoms with Crippen LogP contribution in [0.2, 0.25) is 0 Å². The highest BCUT2D eigenvalue weighted by atomic mass is 16.5. The summed E-state index contributed by atoms with van der Waals surface area (Å²) in [4.78, 5) is 23.8. The smallest absolute Gasteiger partial charge is 0.343 e. The third kappa shape index (κ3) is 9.19. The fourth-order valence-electron chi connectivity index (χ4n) is 2.84. The van der Waals surface area contributed by atoms with E-state index in [9.17, 15) is 9.59 Å². The van der Waals surface area contributed by atoms with Crippen molar-refractivity contribution in [2.45, 2.75) is 58.3 Å². The Labute approximate surface area is 173 Å². The van der Waals surface area contributed by atoms with Crippen molar-refractivity contribution in [1.82, 2.24) is 5.43 Å². The summed E-state index contributed by atoms with van der Waals surface area (Å²) < 4.78 is 5.33. The van der Waals surface area contributed by atoms with Gasteiger partial charge in [-0.2, -0.15) is 5.10 Å². The Balaban J connectivity index is 1.66. The number of amides is 1. The van der Waals surface area contributed by atoms with E-state index in [0.29, 0.717) is 17.7 Å². The number of carbonyl (C=O) groups excluding carboxylic acids is 2. The van der Waals surface area contributed by atoms with E-state index in [2.05, 4.69) is 17.5 Å².